The molecule has 0 atom stereocenters. The van der Waals surface area contributed by atoms with Gasteiger partial charge in [0.15, 0.2) is 10.9 Å². The van der Waals surface area contributed by atoms with Crippen LogP contribution < -0.4 is 4.90 Å². The van der Waals surface area contributed by atoms with Crippen molar-refractivity contribution in [1.82, 2.24) is 19.7 Å². The summed E-state index contributed by atoms with van der Waals surface area (Å²) < 4.78 is 8.11. The Hall–Kier alpha value is -3.06. The summed E-state index contributed by atoms with van der Waals surface area (Å²) in [6.07, 6.45) is 5.46. The molecule has 0 spiro atoms. The predicted molar refractivity (Wildman–Crippen MR) is 119 cm³/mol. The fourth-order valence-corrected chi connectivity index (χ4v) is 4.50. The van der Waals surface area contributed by atoms with Gasteiger partial charge in [-0.05, 0) is 31.4 Å². The zero-order valence-corrected chi connectivity index (χ0v) is 17.5. The van der Waals surface area contributed by atoms with Crippen LogP contribution >= 0.6 is 11.8 Å². The van der Waals surface area contributed by atoms with Gasteiger partial charge < -0.3 is 9.32 Å². The van der Waals surface area contributed by atoms with Gasteiger partial charge in [0.05, 0.1) is 17.6 Å². The highest BCUT2D eigenvalue weighted by Gasteiger charge is 2.22. The molecule has 1 saturated heterocycles. The van der Waals surface area contributed by atoms with Crippen LogP contribution in [0.1, 0.15) is 25.2 Å². The van der Waals surface area contributed by atoms with E-state index in [1.165, 1.54) is 19.3 Å². The highest BCUT2D eigenvalue weighted by molar-refractivity contribution is 7.98. The number of oxazole rings is 1. The van der Waals surface area contributed by atoms with E-state index in [2.05, 4.69) is 36.8 Å². The molecule has 0 N–H and O–H groups in total. The van der Waals surface area contributed by atoms with Crippen molar-refractivity contribution in [2.75, 3.05) is 18.0 Å². The van der Waals surface area contributed by atoms with Crippen molar-refractivity contribution in [3.63, 3.8) is 0 Å². The first-order chi connectivity index (χ1) is 14.9. The van der Waals surface area contributed by atoms with E-state index in [-0.39, 0.29) is 0 Å². The number of benzene rings is 2. The summed E-state index contributed by atoms with van der Waals surface area (Å²) in [5, 5.41) is 9.91. The van der Waals surface area contributed by atoms with Crippen molar-refractivity contribution in [2.24, 2.45) is 0 Å². The molecule has 5 rings (SSSR count). The Morgan fingerprint density at radius 2 is 1.60 bits per heavy atom. The van der Waals surface area contributed by atoms with E-state index in [0.717, 1.165) is 41.2 Å². The van der Waals surface area contributed by atoms with Crippen LogP contribution in [0.15, 0.2) is 76.4 Å². The van der Waals surface area contributed by atoms with Crippen LogP contribution in [-0.4, -0.2) is 32.8 Å². The molecule has 1 aliphatic rings. The average Bonchev–Trinajstić information content (AvgIpc) is 3.47. The van der Waals surface area contributed by atoms with Crippen molar-refractivity contribution in [1.29, 1.82) is 0 Å². The maximum absolute atomic E-state index is 5.96. The van der Waals surface area contributed by atoms with Gasteiger partial charge >= 0.3 is 0 Å². The van der Waals surface area contributed by atoms with Gasteiger partial charge in [-0.25, -0.2) is 4.98 Å². The zero-order valence-electron chi connectivity index (χ0n) is 16.6. The smallest absolute Gasteiger partial charge is 0.232 e. The molecule has 152 valence electrons. The van der Waals surface area contributed by atoms with Gasteiger partial charge in [0, 0.05) is 18.7 Å². The van der Waals surface area contributed by atoms with Gasteiger partial charge in [-0.15, -0.1) is 10.2 Å². The standard InChI is InChI=1S/C23H23N5OS/c1-4-10-18(11-5-1)20-16-24-21(29-20)17-30-23-26-25-22(27-14-8-3-9-15-27)28(23)19-12-6-2-7-13-19/h1-2,4-7,10-13,16H,3,8-9,14-15,17H2. The quantitative estimate of drug-likeness (QED) is 0.402. The molecule has 30 heavy (non-hydrogen) atoms. The molecular weight excluding hydrogens is 394 g/mol. The summed E-state index contributed by atoms with van der Waals surface area (Å²) in [5.74, 6) is 2.98. The molecule has 1 aliphatic heterocycles. The van der Waals surface area contributed by atoms with Gasteiger partial charge in [-0.2, -0.15) is 0 Å². The van der Waals surface area contributed by atoms with E-state index in [1.807, 2.05) is 48.5 Å². The van der Waals surface area contributed by atoms with Gasteiger partial charge in [-0.1, -0.05) is 60.3 Å². The van der Waals surface area contributed by atoms with E-state index < -0.39 is 0 Å². The summed E-state index contributed by atoms with van der Waals surface area (Å²) in [6.45, 7) is 2.05. The minimum Gasteiger partial charge on any atom is -0.440 e. The molecule has 7 heteroatoms. The molecule has 4 aromatic rings. The van der Waals surface area contributed by atoms with Crippen LogP contribution in [0.3, 0.4) is 0 Å². The summed E-state index contributed by atoms with van der Waals surface area (Å²) >= 11 is 1.59. The van der Waals surface area contributed by atoms with Crippen molar-refractivity contribution in [3.05, 3.63) is 72.8 Å². The summed E-state index contributed by atoms with van der Waals surface area (Å²) in [5.41, 5.74) is 2.10. The number of anilines is 1. The lowest BCUT2D eigenvalue weighted by Crippen LogP contribution is -2.31. The molecule has 1 fully saturated rings. The SMILES string of the molecule is c1ccc(-c2cnc(CSc3nnc(N4CCCCC4)n3-c3ccccc3)o2)cc1. The first-order valence-electron chi connectivity index (χ1n) is 10.3. The van der Waals surface area contributed by atoms with Crippen LogP contribution in [0.2, 0.25) is 0 Å². The third kappa shape index (κ3) is 3.98. The Morgan fingerprint density at radius 1 is 0.867 bits per heavy atom. The molecule has 2 aromatic carbocycles. The molecule has 0 bridgehead atoms. The summed E-state index contributed by atoms with van der Waals surface area (Å²) in [4.78, 5) is 6.79. The highest BCUT2D eigenvalue weighted by Crippen LogP contribution is 2.30. The minimum atomic E-state index is 0.595. The zero-order chi connectivity index (χ0) is 20.2. The maximum atomic E-state index is 5.96. The van der Waals surface area contributed by atoms with Crippen molar-refractivity contribution < 1.29 is 4.42 Å². The lowest BCUT2D eigenvalue weighted by atomic mass is 10.1. The number of para-hydroxylation sites is 1. The summed E-state index contributed by atoms with van der Waals surface area (Å²) in [7, 11) is 0. The number of nitrogens with zero attached hydrogens (tertiary/aromatic N) is 5. The minimum absolute atomic E-state index is 0.595. The fraction of sp³-hybridized carbons (Fsp3) is 0.261. The second kappa shape index (κ2) is 8.75. The second-order valence-corrected chi connectivity index (χ2v) is 8.22. The van der Waals surface area contributed by atoms with Crippen LogP contribution in [0.4, 0.5) is 5.95 Å². The number of rotatable bonds is 6. The molecule has 0 radical (unpaired) electrons. The van der Waals surface area contributed by atoms with Crippen molar-refractivity contribution >= 4 is 17.7 Å². The first-order valence-corrected chi connectivity index (χ1v) is 11.3. The number of piperidine rings is 1. The van der Waals surface area contributed by atoms with Gasteiger partial charge in [0.2, 0.25) is 11.8 Å². The fourth-order valence-electron chi connectivity index (χ4n) is 3.70. The van der Waals surface area contributed by atoms with E-state index in [1.54, 1.807) is 18.0 Å². The van der Waals surface area contributed by atoms with Gasteiger partial charge in [0.25, 0.3) is 0 Å². The molecule has 2 aromatic heterocycles. The Balaban J connectivity index is 1.39. The first kappa shape index (κ1) is 18.9. The molecule has 3 heterocycles. The molecule has 6 nitrogen and oxygen atoms in total. The number of aromatic nitrogens is 4. The number of hydrogen-bond donors (Lipinski definition) is 0. The Labute approximate surface area is 180 Å². The lowest BCUT2D eigenvalue weighted by Gasteiger charge is -2.27. The normalized spacial score (nSPS) is 14.2. The van der Waals surface area contributed by atoms with E-state index in [0.29, 0.717) is 11.6 Å². The molecule has 0 amide bonds. The van der Waals surface area contributed by atoms with Gasteiger partial charge in [-0.3, -0.25) is 4.57 Å². The van der Waals surface area contributed by atoms with Crippen LogP contribution in [-0.2, 0) is 5.75 Å². The molecule has 0 saturated carbocycles. The number of hydrogen-bond acceptors (Lipinski definition) is 6. The van der Waals surface area contributed by atoms with Crippen molar-refractivity contribution in [3.8, 4) is 17.0 Å². The van der Waals surface area contributed by atoms with Crippen LogP contribution in [0, 0.1) is 0 Å². The Bertz CT molecular complexity index is 1090. The Morgan fingerprint density at radius 3 is 2.37 bits per heavy atom. The molecule has 0 unspecified atom stereocenters. The maximum Gasteiger partial charge on any atom is 0.232 e. The molecular formula is C23H23N5OS. The topological polar surface area (TPSA) is 60.0 Å². The van der Waals surface area contributed by atoms with E-state index in [4.69, 9.17) is 4.42 Å². The largest absolute Gasteiger partial charge is 0.440 e. The van der Waals surface area contributed by atoms with E-state index >= 15 is 0 Å². The second-order valence-electron chi connectivity index (χ2n) is 7.27. The lowest BCUT2D eigenvalue weighted by molar-refractivity contribution is 0.529. The third-order valence-electron chi connectivity index (χ3n) is 5.21. The predicted octanol–water partition coefficient (Wildman–Crippen LogP) is 5.20. The monoisotopic (exact) mass is 417 g/mol. The average molecular weight is 418 g/mol. The highest BCUT2D eigenvalue weighted by atomic mass is 32.2. The van der Waals surface area contributed by atoms with E-state index in [9.17, 15) is 0 Å². The number of thioether (sulfide) groups is 1. The molecule has 0 aliphatic carbocycles. The Kier molecular flexibility index (Phi) is 5.52. The third-order valence-corrected chi connectivity index (χ3v) is 6.12. The van der Waals surface area contributed by atoms with Crippen molar-refractivity contribution in [2.45, 2.75) is 30.2 Å². The van der Waals surface area contributed by atoms with Crippen LogP contribution in [0.5, 0.6) is 0 Å². The summed E-state index contributed by atoms with van der Waals surface area (Å²) in [6, 6.07) is 20.3. The van der Waals surface area contributed by atoms with Crippen LogP contribution in [0.25, 0.3) is 17.0 Å². The van der Waals surface area contributed by atoms with Gasteiger partial charge in [0.1, 0.15) is 0 Å².